The molecule has 0 amide bonds. The molecule has 3 rings (SSSR count). The van der Waals surface area contributed by atoms with E-state index < -0.39 is 27.3 Å². The predicted molar refractivity (Wildman–Crippen MR) is 86.4 cm³/mol. The van der Waals surface area contributed by atoms with Crippen molar-refractivity contribution < 1.29 is 21.6 Å². The van der Waals surface area contributed by atoms with Crippen molar-refractivity contribution in [3.05, 3.63) is 29.3 Å². The van der Waals surface area contributed by atoms with Crippen molar-refractivity contribution >= 4 is 22.4 Å². The molecule has 5 nitrogen and oxygen atoms in total. The Labute approximate surface area is 150 Å². The Morgan fingerprint density at radius 1 is 1.24 bits per heavy atom. The summed E-state index contributed by atoms with van der Waals surface area (Å²) >= 11 is 0. The van der Waals surface area contributed by atoms with Crippen molar-refractivity contribution in [3.63, 3.8) is 0 Å². The normalized spacial score (nSPS) is 26.8. The molecule has 1 aliphatic carbocycles. The van der Waals surface area contributed by atoms with Crippen LogP contribution in [0.15, 0.2) is 23.1 Å². The second kappa shape index (κ2) is 6.76. The van der Waals surface area contributed by atoms with Gasteiger partial charge in [0.2, 0.25) is 10.0 Å². The molecular weight excluding hydrogens is 379 g/mol. The average Bonchev–Trinajstić information content (AvgIpc) is 3.08. The molecule has 0 bridgehead atoms. The molecule has 2 aliphatic rings. The Hall–Kier alpha value is -1.34. The molecule has 1 aromatic carbocycles. The SMILES string of the molecule is Cl.N#Cc1cc(S(=O)(=O)N2CC3CCC(N)C3C2)ccc1C(F)(F)F. The minimum atomic E-state index is -4.70. The van der Waals surface area contributed by atoms with Crippen LogP contribution in [0.3, 0.4) is 0 Å². The monoisotopic (exact) mass is 395 g/mol. The molecule has 1 saturated heterocycles. The first-order valence-corrected chi connectivity index (χ1v) is 8.95. The van der Waals surface area contributed by atoms with Gasteiger partial charge in [0.1, 0.15) is 0 Å². The number of fused-ring (bicyclic) bond motifs is 1. The van der Waals surface area contributed by atoms with Crippen LogP contribution in [-0.2, 0) is 16.2 Å². The fourth-order valence-corrected chi connectivity index (χ4v) is 5.20. The van der Waals surface area contributed by atoms with E-state index in [0.717, 1.165) is 25.0 Å². The van der Waals surface area contributed by atoms with Gasteiger partial charge in [0, 0.05) is 19.1 Å². The van der Waals surface area contributed by atoms with Crippen molar-refractivity contribution in [2.75, 3.05) is 13.1 Å². The van der Waals surface area contributed by atoms with Crippen molar-refractivity contribution in [2.45, 2.75) is 30.0 Å². The molecule has 0 aromatic heterocycles. The first kappa shape index (κ1) is 20.0. The van der Waals surface area contributed by atoms with Crippen LogP contribution in [0.1, 0.15) is 24.0 Å². The molecule has 3 atom stereocenters. The lowest BCUT2D eigenvalue weighted by atomic mass is 9.98. The molecule has 1 saturated carbocycles. The number of benzene rings is 1. The van der Waals surface area contributed by atoms with Gasteiger partial charge in [-0.25, -0.2) is 8.42 Å². The lowest BCUT2D eigenvalue weighted by Gasteiger charge is -2.19. The first-order valence-electron chi connectivity index (χ1n) is 7.51. The molecule has 3 unspecified atom stereocenters. The number of hydrogen-bond acceptors (Lipinski definition) is 4. The molecule has 10 heteroatoms. The van der Waals surface area contributed by atoms with E-state index in [9.17, 15) is 21.6 Å². The van der Waals surface area contributed by atoms with Crippen LogP contribution >= 0.6 is 12.4 Å². The number of halogens is 4. The number of rotatable bonds is 2. The maximum absolute atomic E-state index is 12.8. The van der Waals surface area contributed by atoms with Crippen LogP contribution in [0.5, 0.6) is 0 Å². The summed E-state index contributed by atoms with van der Waals surface area (Å²) in [6.45, 7) is 0.598. The Morgan fingerprint density at radius 2 is 1.92 bits per heavy atom. The molecule has 1 aliphatic heterocycles. The second-order valence-corrected chi connectivity index (χ2v) is 8.24. The molecule has 1 aromatic rings. The molecule has 0 spiro atoms. The summed E-state index contributed by atoms with van der Waals surface area (Å²) in [5.74, 6) is 0.282. The fraction of sp³-hybridized carbons (Fsp3) is 0.533. The van der Waals surface area contributed by atoms with Gasteiger partial charge in [-0.05, 0) is 42.9 Å². The quantitative estimate of drug-likeness (QED) is 0.832. The van der Waals surface area contributed by atoms with Crippen LogP contribution in [0.25, 0.3) is 0 Å². The summed E-state index contributed by atoms with van der Waals surface area (Å²) in [6, 6.07) is 3.74. The summed E-state index contributed by atoms with van der Waals surface area (Å²) in [5.41, 5.74) is 4.16. The Kier molecular flexibility index (Phi) is 5.40. The van der Waals surface area contributed by atoms with Gasteiger partial charge in [-0.1, -0.05) is 0 Å². The van der Waals surface area contributed by atoms with Crippen LogP contribution in [0, 0.1) is 23.2 Å². The van der Waals surface area contributed by atoms with E-state index in [4.69, 9.17) is 11.0 Å². The van der Waals surface area contributed by atoms with E-state index in [1.807, 2.05) is 0 Å². The van der Waals surface area contributed by atoms with Crippen LogP contribution in [-0.4, -0.2) is 31.9 Å². The first-order chi connectivity index (χ1) is 11.1. The summed E-state index contributed by atoms with van der Waals surface area (Å²) in [5, 5.41) is 8.93. The minimum Gasteiger partial charge on any atom is -0.327 e. The highest BCUT2D eigenvalue weighted by Crippen LogP contribution is 2.40. The van der Waals surface area contributed by atoms with Gasteiger partial charge < -0.3 is 5.73 Å². The van der Waals surface area contributed by atoms with Gasteiger partial charge >= 0.3 is 6.18 Å². The number of nitriles is 1. The van der Waals surface area contributed by atoms with Gasteiger partial charge in [0.15, 0.2) is 0 Å². The third-order valence-electron chi connectivity index (χ3n) is 4.93. The Bertz CT molecular complexity index is 807. The second-order valence-electron chi connectivity index (χ2n) is 6.30. The van der Waals surface area contributed by atoms with Crippen molar-refractivity contribution in [2.24, 2.45) is 17.6 Å². The molecule has 0 radical (unpaired) electrons. The van der Waals surface area contributed by atoms with Gasteiger partial charge in [-0.2, -0.15) is 22.7 Å². The number of hydrogen-bond donors (Lipinski definition) is 1. The number of alkyl halides is 3. The van der Waals surface area contributed by atoms with Crippen molar-refractivity contribution in [1.82, 2.24) is 4.31 Å². The highest BCUT2D eigenvalue weighted by Gasteiger charge is 2.45. The van der Waals surface area contributed by atoms with Crippen LogP contribution in [0.4, 0.5) is 13.2 Å². The van der Waals surface area contributed by atoms with E-state index in [0.29, 0.717) is 12.6 Å². The fourth-order valence-electron chi connectivity index (χ4n) is 3.64. The van der Waals surface area contributed by atoms with E-state index in [-0.39, 0.29) is 41.7 Å². The molecular formula is C15H17ClF3N3O2S. The maximum atomic E-state index is 12.8. The Balaban J connectivity index is 0.00000225. The third-order valence-corrected chi connectivity index (χ3v) is 6.76. The molecule has 2 N–H and O–H groups in total. The minimum absolute atomic E-state index is 0. The zero-order valence-electron chi connectivity index (χ0n) is 13.0. The number of sulfonamides is 1. The van der Waals surface area contributed by atoms with E-state index in [1.165, 1.54) is 10.4 Å². The standard InChI is InChI=1S/C15H16F3N3O2S.ClH/c16-15(17,18)13-3-2-11(5-10(13)6-19)24(22,23)21-7-9-1-4-14(20)12(9)8-21;/h2-3,5,9,12,14H,1,4,7-8,20H2;1H. The lowest BCUT2D eigenvalue weighted by Crippen LogP contribution is -2.33. The van der Waals surface area contributed by atoms with Gasteiger partial charge in [0.25, 0.3) is 0 Å². The lowest BCUT2D eigenvalue weighted by molar-refractivity contribution is -0.137. The number of nitrogens with two attached hydrogens (primary N) is 1. The summed E-state index contributed by atoms with van der Waals surface area (Å²) in [6.07, 6.45) is -2.98. The largest absolute Gasteiger partial charge is 0.417 e. The number of nitrogens with zero attached hydrogens (tertiary/aromatic N) is 2. The topological polar surface area (TPSA) is 87.2 Å². The van der Waals surface area contributed by atoms with Gasteiger partial charge in [-0.3, -0.25) is 0 Å². The Morgan fingerprint density at radius 3 is 2.48 bits per heavy atom. The third kappa shape index (κ3) is 3.49. The summed E-state index contributed by atoms with van der Waals surface area (Å²) in [7, 11) is -3.94. The van der Waals surface area contributed by atoms with E-state index in [2.05, 4.69) is 0 Å². The van der Waals surface area contributed by atoms with Crippen molar-refractivity contribution in [3.8, 4) is 6.07 Å². The average molecular weight is 396 g/mol. The summed E-state index contributed by atoms with van der Waals surface area (Å²) < 4.78 is 65.2. The maximum Gasteiger partial charge on any atom is 0.417 e. The van der Waals surface area contributed by atoms with Crippen LogP contribution < -0.4 is 5.73 Å². The van der Waals surface area contributed by atoms with Gasteiger partial charge in [0.05, 0.1) is 22.1 Å². The van der Waals surface area contributed by atoms with Crippen molar-refractivity contribution in [1.29, 1.82) is 5.26 Å². The highest BCUT2D eigenvalue weighted by molar-refractivity contribution is 7.89. The molecule has 138 valence electrons. The zero-order chi connectivity index (χ0) is 17.7. The van der Waals surface area contributed by atoms with Gasteiger partial charge in [-0.15, -0.1) is 12.4 Å². The predicted octanol–water partition coefficient (Wildman–Crippen LogP) is 2.36. The molecule has 2 fully saturated rings. The van der Waals surface area contributed by atoms with E-state index >= 15 is 0 Å². The smallest absolute Gasteiger partial charge is 0.327 e. The summed E-state index contributed by atoms with van der Waals surface area (Å²) in [4.78, 5) is -0.291. The molecule has 25 heavy (non-hydrogen) atoms. The zero-order valence-corrected chi connectivity index (χ0v) is 14.7. The molecule has 1 heterocycles. The highest BCUT2D eigenvalue weighted by atomic mass is 35.5. The van der Waals surface area contributed by atoms with E-state index in [1.54, 1.807) is 0 Å². The van der Waals surface area contributed by atoms with Crippen LogP contribution in [0.2, 0.25) is 0 Å².